The lowest BCUT2D eigenvalue weighted by atomic mass is 10.1. The number of hydrogen-bond acceptors (Lipinski definition) is 7. The van der Waals surface area contributed by atoms with E-state index in [1.54, 1.807) is 18.5 Å². The SMILES string of the molecule is CC(C)NC(=O)CN1CCC(=O)Nc2ccc(-c3nccc(Nc4ccc5[nH]ncc5c4)n3)cc21. The molecule has 10 nitrogen and oxygen atoms in total. The Bertz CT molecular complexity index is 1400. The van der Waals surface area contributed by atoms with E-state index in [1.165, 1.54) is 0 Å². The first-order chi connectivity index (χ1) is 16.9. The highest BCUT2D eigenvalue weighted by molar-refractivity contribution is 5.98. The molecular formula is C25H26N8O2. The molecule has 2 amide bonds. The van der Waals surface area contributed by atoms with Crippen LogP contribution in [0.3, 0.4) is 0 Å². The summed E-state index contributed by atoms with van der Waals surface area (Å²) in [5, 5.41) is 17.1. The normalized spacial score (nSPS) is 13.3. The molecule has 35 heavy (non-hydrogen) atoms. The van der Waals surface area contributed by atoms with Gasteiger partial charge in [-0.15, -0.1) is 0 Å². The number of fused-ring (bicyclic) bond motifs is 2. The topological polar surface area (TPSA) is 128 Å². The maximum Gasteiger partial charge on any atom is 0.239 e. The Morgan fingerprint density at radius 3 is 2.91 bits per heavy atom. The molecule has 0 aliphatic carbocycles. The van der Waals surface area contributed by atoms with Crippen molar-refractivity contribution in [3.8, 4) is 11.4 Å². The zero-order chi connectivity index (χ0) is 24.4. The van der Waals surface area contributed by atoms with E-state index in [1.807, 2.05) is 55.1 Å². The summed E-state index contributed by atoms with van der Waals surface area (Å²) in [6.45, 7) is 4.43. The molecule has 2 aromatic carbocycles. The van der Waals surface area contributed by atoms with Crippen molar-refractivity contribution < 1.29 is 9.59 Å². The average Bonchev–Trinajstić information content (AvgIpc) is 3.23. The standard InChI is InChI=1S/C25H26N8O2/c1-15(2)28-24(35)14-33-10-8-23(34)30-20-5-3-16(12-21(20)33)25-26-9-7-22(31-25)29-18-4-6-19-17(11-18)13-27-32-19/h3-7,9,11-13,15H,8,10,14H2,1-2H3,(H,27,32)(H,28,35)(H,30,34)(H,26,29,31). The lowest BCUT2D eigenvalue weighted by Gasteiger charge is -2.24. The van der Waals surface area contributed by atoms with Crippen LogP contribution in [0.15, 0.2) is 54.9 Å². The van der Waals surface area contributed by atoms with Gasteiger partial charge < -0.3 is 20.9 Å². The number of benzene rings is 2. The maximum absolute atomic E-state index is 12.5. The first-order valence-electron chi connectivity index (χ1n) is 11.5. The van der Waals surface area contributed by atoms with E-state index in [-0.39, 0.29) is 24.4 Å². The number of hydrogen-bond donors (Lipinski definition) is 4. The summed E-state index contributed by atoms with van der Waals surface area (Å²) in [7, 11) is 0. The molecule has 0 saturated carbocycles. The van der Waals surface area contributed by atoms with Crippen LogP contribution < -0.4 is 20.9 Å². The zero-order valence-corrected chi connectivity index (χ0v) is 19.5. The Kier molecular flexibility index (Phi) is 6.01. The Balaban J connectivity index is 1.43. The van der Waals surface area contributed by atoms with Gasteiger partial charge >= 0.3 is 0 Å². The number of nitrogens with zero attached hydrogens (tertiary/aromatic N) is 4. The molecule has 0 atom stereocenters. The third-order valence-corrected chi connectivity index (χ3v) is 5.63. The van der Waals surface area contributed by atoms with Gasteiger partial charge in [0.25, 0.3) is 0 Å². The molecule has 1 aliphatic heterocycles. The van der Waals surface area contributed by atoms with Crippen molar-refractivity contribution in [2.45, 2.75) is 26.3 Å². The second-order valence-corrected chi connectivity index (χ2v) is 8.74. The van der Waals surface area contributed by atoms with Crippen molar-refractivity contribution in [3.63, 3.8) is 0 Å². The summed E-state index contributed by atoms with van der Waals surface area (Å²) in [5.74, 6) is 1.00. The van der Waals surface area contributed by atoms with E-state index in [0.717, 1.165) is 27.8 Å². The van der Waals surface area contributed by atoms with E-state index in [9.17, 15) is 9.59 Å². The minimum absolute atomic E-state index is 0.0397. The van der Waals surface area contributed by atoms with Crippen molar-refractivity contribution in [2.75, 3.05) is 28.6 Å². The van der Waals surface area contributed by atoms with E-state index in [4.69, 9.17) is 0 Å². The van der Waals surface area contributed by atoms with E-state index >= 15 is 0 Å². The Hall–Kier alpha value is -4.47. The second-order valence-electron chi connectivity index (χ2n) is 8.74. The van der Waals surface area contributed by atoms with Crippen LogP contribution >= 0.6 is 0 Å². The summed E-state index contributed by atoms with van der Waals surface area (Å²) in [6, 6.07) is 13.4. The van der Waals surface area contributed by atoms with Crippen LogP contribution in [0.1, 0.15) is 20.3 Å². The fourth-order valence-corrected chi connectivity index (χ4v) is 4.05. The third kappa shape index (κ3) is 5.06. The van der Waals surface area contributed by atoms with Crippen LogP contribution in [0.5, 0.6) is 0 Å². The van der Waals surface area contributed by atoms with E-state index in [2.05, 4.69) is 36.1 Å². The molecule has 4 aromatic rings. The molecular weight excluding hydrogens is 444 g/mol. The highest BCUT2D eigenvalue weighted by atomic mass is 16.2. The summed E-state index contributed by atoms with van der Waals surface area (Å²) in [6.07, 6.45) is 3.77. The van der Waals surface area contributed by atoms with Crippen molar-refractivity contribution in [3.05, 3.63) is 54.9 Å². The van der Waals surface area contributed by atoms with Gasteiger partial charge in [-0.05, 0) is 56.3 Å². The highest BCUT2D eigenvalue weighted by Gasteiger charge is 2.22. The van der Waals surface area contributed by atoms with Crippen molar-refractivity contribution in [1.29, 1.82) is 0 Å². The van der Waals surface area contributed by atoms with Crippen LogP contribution in [0.4, 0.5) is 22.9 Å². The second kappa shape index (κ2) is 9.41. The van der Waals surface area contributed by atoms with Gasteiger partial charge in [-0.2, -0.15) is 5.10 Å². The fraction of sp³-hybridized carbons (Fsp3) is 0.240. The number of aromatic nitrogens is 4. The van der Waals surface area contributed by atoms with Crippen LogP contribution in [-0.4, -0.2) is 51.1 Å². The predicted octanol–water partition coefficient (Wildman–Crippen LogP) is 3.44. The molecule has 2 aromatic heterocycles. The fourth-order valence-electron chi connectivity index (χ4n) is 4.05. The number of anilines is 4. The zero-order valence-electron chi connectivity index (χ0n) is 19.5. The molecule has 4 N–H and O–H groups in total. The number of nitrogens with one attached hydrogen (secondary N) is 4. The predicted molar refractivity (Wildman–Crippen MR) is 136 cm³/mol. The first kappa shape index (κ1) is 22.3. The van der Waals surface area contributed by atoms with Crippen LogP contribution in [0.25, 0.3) is 22.3 Å². The van der Waals surface area contributed by atoms with Gasteiger partial charge in [0.2, 0.25) is 11.8 Å². The van der Waals surface area contributed by atoms with Gasteiger partial charge in [-0.25, -0.2) is 9.97 Å². The Labute approximate surface area is 202 Å². The monoisotopic (exact) mass is 470 g/mol. The van der Waals surface area contributed by atoms with E-state index < -0.39 is 0 Å². The number of amides is 2. The number of aromatic amines is 1. The Morgan fingerprint density at radius 2 is 2.06 bits per heavy atom. The Morgan fingerprint density at radius 1 is 1.17 bits per heavy atom. The number of carbonyl (C=O) groups excluding carboxylic acids is 2. The van der Waals surface area contributed by atoms with Gasteiger partial charge in [0.15, 0.2) is 5.82 Å². The average molecular weight is 471 g/mol. The van der Waals surface area contributed by atoms with Gasteiger partial charge in [-0.1, -0.05) is 0 Å². The summed E-state index contributed by atoms with van der Waals surface area (Å²) in [4.78, 5) is 35.7. The summed E-state index contributed by atoms with van der Waals surface area (Å²) in [5.41, 5.74) is 4.05. The number of rotatable bonds is 6. The minimum atomic E-state index is -0.0947. The molecule has 0 saturated heterocycles. The number of H-pyrrole nitrogens is 1. The first-order valence-corrected chi connectivity index (χ1v) is 11.5. The summed E-state index contributed by atoms with van der Waals surface area (Å²) < 4.78 is 0. The molecule has 0 fully saturated rings. The van der Waals surface area contributed by atoms with Gasteiger partial charge in [0, 0.05) is 41.8 Å². The van der Waals surface area contributed by atoms with E-state index in [0.29, 0.717) is 30.3 Å². The van der Waals surface area contributed by atoms with Crippen LogP contribution in [-0.2, 0) is 9.59 Å². The van der Waals surface area contributed by atoms with Gasteiger partial charge in [0.05, 0.1) is 29.6 Å². The molecule has 0 unspecified atom stereocenters. The number of carbonyl (C=O) groups is 2. The quantitative estimate of drug-likeness (QED) is 0.340. The van der Waals surface area contributed by atoms with Crippen molar-refractivity contribution >= 4 is 45.6 Å². The van der Waals surface area contributed by atoms with Gasteiger partial charge in [-0.3, -0.25) is 14.7 Å². The molecule has 5 rings (SSSR count). The molecule has 1 aliphatic rings. The molecule has 3 heterocycles. The smallest absolute Gasteiger partial charge is 0.239 e. The molecule has 0 bridgehead atoms. The largest absolute Gasteiger partial charge is 0.360 e. The molecule has 178 valence electrons. The van der Waals surface area contributed by atoms with Crippen molar-refractivity contribution in [1.82, 2.24) is 25.5 Å². The van der Waals surface area contributed by atoms with Gasteiger partial charge in [0.1, 0.15) is 5.82 Å². The maximum atomic E-state index is 12.5. The highest BCUT2D eigenvalue weighted by Crippen LogP contribution is 2.33. The lowest BCUT2D eigenvalue weighted by Crippen LogP contribution is -2.40. The molecule has 0 radical (unpaired) electrons. The summed E-state index contributed by atoms with van der Waals surface area (Å²) >= 11 is 0. The van der Waals surface area contributed by atoms with Crippen molar-refractivity contribution in [2.24, 2.45) is 0 Å². The minimum Gasteiger partial charge on any atom is -0.360 e. The lowest BCUT2D eigenvalue weighted by molar-refractivity contribution is -0.120. The van der Waals surface area contributed by atoms with Crippen LogP contribution in [0.2, 0.25) is 0 Å². The third-order valence-electron chi connectivity index (χ3n) is 5.63. The molecule has 0 spiro atoms. The molecule has 10 heteroatoms. The van der Waals surface area contributed by atoms with Crippen LogP contribution in [0, 0.1) is 0 Å².